The predicted octanol–water partition coefficient (Wildman–Crippen LogP) is 4.21. The largest absolute Gasteiger partial charge is 0.507 e. The maximum Gasteiger partial charge on any atom is 0.416 e. The summed E-state index contributed by atoms with van der Waals surface area (Å²) in [6, 6.07) is 5.05. The lowest BCUT2D eigenvalue weighted by Crippen LogP contribution is -2.34. The molecule has 28 heavy (non-hydrogen) atoms. The van der Waals surface area contributed by atoms with Gasteiger partial charge in [-0.25, -0.2) is 0 Å². The number of piperidine rings is 1. The molecule has 2 aromatic rings. The van der Waals surface area contributed by atoms with Gasteiger partial charge in [0.1, 0.15) is 5.75 Å². The second-order valence-corrected chi connectivity index (χ2v) is 6.91. The van der Waals surface area contributed by atoms with Crippen LogP contribution in [0.2, 0.25) is 0 Å². The Morgan fingerprint density at radius 1 is 1.18 bits per heavy atom. The summed E-state index contributed by atoms with van der Waals surface area (Å²) in [7, 11) is 2.08. The van der Waals surface area contributed by atoms with Crippen LogP contribution in [0, 0.1) is 6.92 Å². The lowest BCUT2D eigenvalue weighted by Gasteiger charge is -2.28. The number of alkyl halides is 3. The third kappa shape index (κ3) is 5.33. The maximum atomic E-state index is 12.8. The molecule has 2 heterocycles. The number of rotatable bonds is 4. The number of hydrogen-bond donors (Lipinski definition) is 1. The SMILES string of the molecule is Cc1cc(C(F)(F)F)cc(O)c1-c1ccc(COC2CCN(C)CC2)nn1.Cl. The summed E-state index contributed by atoms with van der Waals surface area (Å²) in [5, 5.41) is 18.2. The van der Waals surface area contributed by atoms with Gasteiger partial charge >= 0.3 is 6.18 Å². The van der Waals surface area contributed by atoms with Crippen LogP contribution >= 0.6 is 12.4 Å². The van der Waals surface area contributed by atoms with Gasteiger partial charge in [-0.15, -0.1) is 12.4 Å². The van der Waals surface area contributed by atoms with E-state index in [0.717, 1.165) is 32.0 Å². The third-order valence-corrected chi connectivity index (χ3v) is 4.75. The van der Waals surface area contributed by atoms with Gasteiger partial charge in [0, 0.05) is 18.7 Å². The number of phenols is 1. The number of hydrogen-bond acceptors (Lipinski definition) is 5. The van der Waals surface area contributed by atoms with Crippen LogP contribution in [0.15, 0.2) is 24.3 Å². The molecule has 5 nitrogen and oxygen atoms in total. The van der Waals surface area contributed by atoms with Crippen LogP contribution in [0.25, 0.3) is 11.3 Å². The first-order chi connectivity index (χ1) is 12.7. The Balaban J connectivity index is 0.00000280. The summed E-state index contributed by atoms with van der Waals surface area (Å²) < 4.78 is 44.4. The number of aromatic nitrogens is 2. The molecule has 1 fully saturated rings. The zero-order valence-corrected chi connectivity index (χ0v) is 16.5. The van der Waals surface area contributed by atoms with Gasteiger partial charge in [-0.3, -0.25) is 0 Å². The van der Waals surface area contributed by atoms with E-state index >= 15 is 0 Å². The molecule has 0 atom stereocenters. The van der Waals surface area contributed by atoms with Crippen LogP contribution in [0.5, 0.6) is 5.75 Å². The van der Waals surface area contributed by atoms with Crippen molar-refractivity contribution in [1.82, 2.24) is 15.1 Å². The first-order valence-electron chi connectivity index (χ1n) is 8.78. The topological polar surface area (TPSA) is 58.5 Å². The quantitative estimate of drug-likeness (QED) is 0.807. The highest BCUT2D eigenvalue weighted by Gasteiger charge is 2.32. The van der Waals surface area contributed by atoms with Crippen molar-refractivity contribution < 1.29 is 23.0 Å². The second kappa shape index (κ2) is 9.07. The van der Waals surface area contributed by atoms with Crippen LogP contribution < -0.4 is 0 Å². The Morgan fingerprint density at radius 2 is 1.86 bits per heavy atom. The second-order valence-electron chi connectivity index (χ2n) is 6.91. The van der Waals surface area contributed by atoms with Gasteiger partial charge in [0.15, 0.2) is 0 Å². The molecule has 0 bridgehead atoms. The highest BCUT2D eigenvalue weighted by molar-refractivity contribution is 5.85. The van der Waals surface area contributed by atoms with Gasteiger partial charge in [-0.2, -0.15) is 23.4 Å². The smallest absolute Gasteiger partial charge is 0.416 e. The highest BCUT2D eigenvalue weighted by atomic mass is 35.5. The van der Waals surface area contributed by atoms with Crippen molar-refractivity contribution in [3.63, 3.8) is 0 Å². The Bertz CT molecular complexity index is 769. The van der Waals surface area contributed by atoms with Crippen molar-refractivity contribution in [2.45, 2.75) is 38.7 Å². The van der Waals surface area contributed by atoms with Crippen molar-refractivity contribution in [2.24, 2.45) is 0 Å². The van der Waals surface area contributed by atoms with Crippen molar-refractivity contribution in [3.05, 3.63) is 41.1 Å². The molecule has 154 valence electrons. The molecule has 1 aromatic carbocycles. The van der Waals surface area contributed by atoms with E-state index in [1.54, 1.807) is 12.1 Å². The first-order valence-corrected chi connectivity index (χ1v) is 8.78. The fourth-order valence-corrected chi connectivity index (χ4v) is 3.19. The van der Waals surface area contributed by atoms with Crippen molar-refractivity contribution in [2.75, 3.05) is 20.1 Å². The first kappa shape index (κ1) is 22.4. The average Bonchev–Trinajstić information content (AvgIpc) is 2.61. The molecular weight excluding hydrogens is 395 g/mol. The van der Waals surface area contributed by atoms with E-state index in [9.17, 15) is 18.3 Å². The van der Waals surface area contributed by atoms with Crippen molar-refractivity contribution in [3.8, 4) is 17.0 Å². The summed E-state index contributed by atoms with van der Waals surface area (Å²) in [6.07, 6.45) is -2.37. The zero-order chi connectivity index (χ0) is 19.6. The summed E-state index contributed by atoms with van der Waals surface area (Å²) in [4.78, 5) is 2.26. The lowest BCUT2D eigenvalue weighted by molar-refractivity contribution is -0.137. The Hall–Kier alpha value is -1.90. The maximum absolute atomic E-state index is 12.8. The van der Waals surface area contributed by atoms with Gasteiger partial charge in [-0.1, -0.05) is 0 Å². The number of aryl methyl sites for hydroxylation is 1. The molecule has 9 heteroatoms. The standard InChI is InChI=1S/C19H22F3N3O2.ClH/c1-12-9-13(19(20,21)22)10-17(26)18(12)16-4-3-14(23-24-16)11-27-15-5-7-25(2)8-6-15;/h3-4,9-10,15,26H,5-8,11H2,1-2H3;1H. The van der Waals surface area contributed by atoms with Gasteiger partial charge in [0.25, 0.3) is 0 Å². The molecule has 1 aliphatic heterocycles. The van der Waals surface area contributed by atoms with Gasteiger partial charge < -0.3 is 14.7 Å². The van der Waals surface area contributed by atoms with E-state index in [2.05, 4.69) is 22.1 Å². The van der Waals surface area contributed by atoms with E-state index in [0.29, 0.717) is 24.1 Å². The van der Waals surface area contributed by atoms with E-state index in [-0.39, 0.29) is 29.6 Å². The van der Waals surface area contributed by atoms with Crippen LogP contribution in [0.4, 0.5) is 13.2 Å². The summed E-state index contributed by atoms with van der Waals surface area (Å²) in [5.41, 5.74) is 0.603. The molecule has 1 aliphatic rings. The number of nitrogens with zero attached hydrogens (tertiary/aromatic N) is 3. The summed E-state index contributed by atoms with van der Waals surface area (Å²) >= 11 is 0. The van der Waals surface area contributed by atoms with E-state index < -0.39 is 17.5 Å². The number of halogens is 4. The lowest BCUT2D eigenvalue weighted by atomic mass is 10.0. The monoisotopic (exact) mass is 417 g/mol. The van der Waals surface area contributed by atoms with Crippen LogP contribution in [-0.2, 0) is 17.5 Å². The molecule has 1 aromatic heterocycles. The molecule has 0 unspecified atom stereocenters. The number of benzene rings is 1. The van der Waals surface area contributed by atoms with Crippen LogP contribution in [0.1, 0.15) is 29.7 Å². The summed E-state index contributed by atoms with van der Waals surface area (Å²) in [6.45, 7) is 3.84. The van der Waals surface area contributed by atoms with E-state index in [1.165, 1.54) is 6.92 Å². The highest BCUT2D eigenvalue weighted by Crippen LogP contribution is 2.38. The molecule has 0 spiro atoms. The molecule has 0 radical (unpaired) electrons. The molecule has 3 rings (SSSR count). The predicted molar refractivity (Wildman–Crippen MR) is 101 cm³/mol. The molecule has 1 saturated heterocycles. The fraction of sp³-hybridized carbons (Fsp3) is 0.474. The molecular formula is C19H23ClF3N3O2. The minimum absolute atomic E-state index is 0. The Morgan fingerprint density at radius 3 is 2.39 bits per heavy atom. The zero-order valence-electron chi connectivity index (χ0n) is 15.7. The number of likely N-dealkylation sites (tertiary alicyclic amines) is 1. The normalized spacial score (nSPS) is 16.0. The summed E-state index contributed by atoms with van der Waals surface area (Å²) in [5.74, 6) is -0.466. The van der Waals surface area contributed by atoms with Crippen molar-refractivity contribution >= 4 is 12.4 Å². The van der Waals surface area contributed by atoms with E-state index in [4.69, 9.17) is 4.74 Å². The molecule has 0 saturated carbocycles. The number of ether oxygens (including phenoxy) is 1. The van der Waals surface area contributed by atoms with Crippen LogP contribution in [0.3, 0.4) is 0 Å². The van der Waals surface area contributed by atoms with Crippen molar-refractivity contribution in [1.29, 1.82) is 0 Å². The minimum Gasteiger partial charge on any atom is -0.507 e. The average molecular weight is 418 g/mol. The Labute approximate surface area is 167 Å². The van der Waals surface area contributed by atoms with Gasteiger partial charge in [0.05, 0.1) is 29.7 Å². The number of phenolic OH excluding ortho intramolecular Hbond substituents is 1. The molecule has 0 amide bonds. The third-order valence-electron chi connectivity index (χ3n) is 4.75. The van der Waals surface area contributed by atoms with Gasteiger partial charge in [0.2, 0.25) is 0 Å². The molecule has 0 aliphatic carbocycles. The van der Waals surface area contributed by atoms with Gasteiger partial charge in [-0.05, 0) is 56.6 Å². The molecule has 1 N–H and O–H groups in total. The fourth-order valence-electron chi connectivity index (χ4n) is 3.19. The van der Waals surface area contributed by atoms with E-state index in [1.807, 2.05) is 0 Å². The Kier molecular flexibility index (Phi) is 7.25. The van der Waals surface area contributed by atoms with Crippen LogP contribution in [-0.4, -0.2) is 46.4 Å². The minimum atomic E-state index is -4.51. The number of aromatic hydroxyl groups is 1.